The highest BCUT2D eigenvalue weighted by Crippen LogP contribution is 2.36. The van der Waals surface area contributed by atoms with Crippen LogP contribution in [-0.2, 0) is 4.79 Å². The summed E-state index contributed by atoms with van der Waals surface area (Å²) in [5.41, 5.74) is 0. The van der Waals surface area contributed by atoms with Crippen molar-refractivity contribution >= 4 is 5.97 Å². The van der Waals surface area contributed by atoms with Crippen molar-refractivity contribution in [3.8, 4) is 0 Å². The number of carbonyl (C=O) groups is 1. The van der Waals surface area contributed by atoms with Gasteiger partial charge in [0.1, 0.15) is 0 Å². The number of allylic oxidation sites excluding steroid dienone is 3. The quantitative estimate of drug-likeness (QED) is 0.370. The highest BCUT2D eigenvalue weighted by atomic mass is 16.4. The van der Waals surface area contributed by atoms with Crippen LogP contribution in [0, 0.1) is 11.8 Å². The van der Waals surface area contributed by atoms with E-state index in [1.807, 2.05) is 12.2 Å². The van der Waals surface area contributed by atoms with Crippen molar-refractivity contribution in [2.24, 2.45) is 11.8 Å². The van der Waals surface area contributed by atoms with Crippen molar-refractivity contribution < 1.29 is 20.1 Å². The summed E-state index contributed by atoms with van der Waals surface area (Å²) in [4.78, 5) is 10.5. The minimum Gasteiger partial charge on any atom is -0.481 e. The number of carboxylic acids is 1. The van der Waals surface area contributed by atoms with Gasteiger partial charge in [-0.2, -0.15) is 0 Å². The van der Waals surface area contributed by atoms with Crippen LogP contribution in [-0.4, -0.2) is 33.5 Å². The maximum absolute atomic E-state index is 10.5. The van der Waals surface area contributed by atoms with Crippen LogP contribution in [0.4, 0.5) is 0 Å². The van der Waals surface area contributed by atoms with Gasteiger partial charge in [0.05, 0.1) is 12.2 Å². The molecule has 24 heavy (non-hydrogen) atoms. The fraction of sp³-hybridized carbons (Fsp3) is 0.750. The zero-order valence-corrected chi connectivity index (χ0v) is 14.9. The Hall–Kier alpha value is -1.13. The molecule has 1 rings (SSSR count). The molecule has 1 aliphatic carbocycles. The van der Waals surface area contributed by atoms with Gasteiger partial charge >= 0.3 is 5.97 Å². The van der Waals surface area contributed by atoms with Gasteiger partial charge in [0, 0.05) is 18.8 Å². The van der Waals surface area contributed by atoms with E-state index in [2.05, 4.69) is 19.1 Å². The monoisotopic (exact) mass is 338 g/mol. The number of unbranched alkanes of at least 4 members (excludes halogenated alkanes) is 5. The molecule has 1 saturated carbocycles. The summed E-state index contributed by atoms with van der Waals surface area (Å²) in [5, 5.41) is 28.9. The first-order chi connectivity index (χ1) is 11.6. The largest absolute Gasteiger partial charge is 0.481 e. The molecule has 3 N–H and O–H groups in total. The third kappa shape index (κ3) is 8.11. The first-order valence-electron chi connectivity index (χ1n) is 9.45. The SMILES string of the molecule is CCCCCCC=C[C@@H]1[C@@H](CC=CCCCC(=O)O)[C@@H](O)C[C@H]1O. The Morgan fingerprint density at radius 3 is 2.46 bits per heavy atom. The summed E-state index contributed by atoms with van der Waals surface area (Å²) in [6, 6.07) is 0. The summed E-state index contributed by atoms with van der Waals surface area (Å²) < 4.78 is 0. The lowest BCUT2D eigenvalue weighted by molar-refractivity contribution is -0.137. The lowest BCUT2D eigenvalue weighted by atomic mass is 9.89. The Labute approximate surface area is 146 Å². The third-order valence-corrected chi connectivity index (χ3v) is 4.83. The van der Waals surface area contributed by atoms with Gasteiger partial charge in [-0.1, -0.05) is 50.5 Å². The average Bonchev–Trinajstić information content (AvgIpc) is 2.80. The Bertz CT molecular complexity index is 402. The number of rotatable bonds is 12. The number of hydrogen-bond donors (Lipinski definition) is 3. The molecule has 138 valence electrons. The van der Waals surface area contributed by atoms with E-state index in [4.69, 9.17) is 5.11 Å². The highest BCUT2D eigenvalue weighted by Gasteiger charge is 2.39. The number of aliphatic hydroxyl groups excluding tert-OH is 2. The molecule has 0 amide bonds. The lowest BCUT2D eigenvalue weighted by Gasteiger charge is -2.19. The van der Waals surface area contributed by atoms with Crippen molar-refractivity contribution in [3.63, 3.8) is 0 Å². The molecule has 0 aromatic carbocycles. The molecule has 0 aromatic rings. The van der Waals surface area contributed by atoms with E-state index < -0.39 is 18.2 Å². The molecule has 0 radical (unpaired) electrons. The smallest absolute Gasteiger partial charge is 0.303 e. The average molecular weight is 338 g/mol. The van der Waals surface area contributed by atoms with Gasteiger partial charge in [0.2, 0.25) is 0 Å². The maximum Gasteiger partial charge on any atom is 0.303 e. The Kier molecular flexibility index (Phi) is 10.7. The van der Waals surface area contributed by atoms with Crippen molar-refractivity contribution in [2.45, 2.75) is 83.3 Å². The first kappa shape index (κ1) is 20.9. The van der Waals surface area contributed by atoms with Gasteiger partial charge in [0.25, 0.3) is 0 Å². The molecule has 1 aliphatic rings. The Morgan fingerprint density at radius 2 is 1.75 bits per heavy atom. The van der Waals surface area contributed by atoms with Gasteiger partial charge in [-0.05, 0) is 38.0 Å². The minimum absolute atomic E-state index is 0.0230. The molecule has 4 atom stereocenters. The standard InChI is InChI=1S/C20H34O4/c1-2-3-4-5-6-9-12-16-17(19(22)15-18(16)21)13-10-7-8-11-14-20(23)24/h7,9-10,12,16-19,21-22H,2-6,8,11,13-15H2,1H3,(H,23,24)/t16-,17-,18-,19+/m1/s1. The predicted molar refractivity (Wildman–Crippen MR) is 96.8 cm³/mol. The molecule has 0 saturated heterocycles. The van der Waals surface area contributed by atoms with E-state index in [-0.39, 0.29) is 18.3 Å². The molecule has 0 spiro atoms. The summed E-state index contributed by atoms with van der Waals surface area (Å²) in [7, 11) is 0. The molecule has 1 fully saturated rings. The second kappa shape index (κ2) is 12.3. The van der Waals surface area contributed by atoms with Crippen LogP contribution >= 0.6 is 0 Å². The number of hydrogen-bond acceptors (Lipinski definition) is 3. The molecular weight excluding hydrogens is 304 g/mol. The molecule has 0 heterocycles. The van der Waals surface area contributed by atoms with E-state index >= 15 is 0 Å². The van der Waals surface area contributed by atoms with Gasteiger partial charge in [0.15, 0.2) is 0 Å². The highest BCUT2D eigenvalue weighted by molar-refractivity contribution is 5.66. The fourth-order valence-electron chi connectivity index (χ4n) is 3.39. The van der Waals surface area contributed by atoms with Gasteiger partial charge in [-0.3, -0.25) is 4.79 Å². The maximum atomic E-state index is 10.5. The molecule has 4 nitrogen and oxygen atoms in total. The van der Waals surface area contributed by atoms with Gasteiger partial charge in [-0.15, -0.1) is 0 Å². The van der Waals surface area contributed by atoms with Crippen LogP contribution in [0.25, 0.3) is 0 Å². The second-order valence-corrected chi connectivity index (χ2v) is 6.88. The lowest BCUT2D eigenvalue weighted by Crippen LogP contribution is -2.19. The summed E-state index contributed by atoms with van der Waals surface area (Å²) in [6.45, 7) is 2.20. The van der Waals surface area contributed by atoms with E-state index in [1.165, 1.54) is 25.7 Å². The van der Waals surface area contributed by atoms with E-state index in [9.17, 15) is 15.0 Å². The third-order valence-electron chi connectivity index (χ3n) is 4.83. The molecule has 0 aliphatic heterocycles. The summed E-state index contributed by atoms with van der Waals surface area (Å²) in [6.07, 6.45) is 16.1. The normalized spacial score (nSPS) is 27.5. The number of carboxylic acid groups (broad SMARTS) is 1. The fourth-order valence-corrected chi connectivity index (χ4v) is 3.39. The van der Waals surface area contributed by atoms with Crippen molar-refractivity contribution in [1.82, 2.24) is 0 Å². The molecular formula is C20H34O4. The molecule has 4 heteroatoms. The van der Waals surface area contributed by atoms with Gasteiger partial charge in [-0.25, -0.2) is 0 Å². The van der Waals surface area contributed by atoms with E-state index in [0.29, 0.717) is 12.8 Å². The first-order valence-corrected chi connectivity index (χ1v) is 9.45. The predicted octanol–water partition coefficient (Wildman–Crippen LogP) is 4.07. The van der Waals surface area contributed by atoms with Crippen LogP contribution in [0.15, 0.2) is 24.3 Å². The molecule has 0 unspecified atom stereocenters. The van der Waals surface area contributed by atoms with Crippen molar-refractivity contribution in [1.29, 1.82) is 0 Å². The summed E-state index contributed by atoms with van der Waals surface area (Å²) >= 11 is 0. The van der Waals surface area contributed by atoms with Crippen LogP contribution in [0.3, 0.4) is 0 Å². The van der Waals surface area contributed by atoms with Crippen LogP contribution < -0.4 is 0 Å². The Morgan fingerprint density at radius 1 is 1.00 bits per heavy atom. The Balaban J connectivity index is 2.37. The number of aliphatic carboxylic acids is 1. The topological polar surface area (TPSA) is 77.8 Å². The molecule has 0 bridgehead atoms. The van der Waals surface area contributed by atoms with Gasteiger partial charge < -0.3 is 15.3 Å². The van der Waals surface area contributed by atoms with E-state index in [1.54, 1.807) is 0 Å². The van der Waals surface area contributed by atoms with Crippen LogP contribution in [0.2, 0.25) is 0 Å². The summed E-state index contributed by atoms with van der Waals surface area (Å²) in [5.74, 6) is -0.681. The van der Waals surface area contributed by atoms with Crippen molar-refractivity contribution in [3.05, 3.63) is 24.3 Å². The van der Waals surface area contributed by atoms with Crippen LogP contribution in [0.5, 0.6) is 0 Å². The minimum atomic E-state index is -0.762. The second-order valence-electron chi connectivity index (χ2n) is 6.88. The number of aliphatic hydroxyl groups is 2. The zero-order chi connectivity index (χ0) is 17.8. The zero-order valence-electron chi connectivity index (χ0n) is 14.9. The van der Waals surface area contributed by atoms with E-state index in [0.717, 1.165) is 19.3 Å². The van der Waals surface area contributed by atoms with Crippen molar-refractivity contribution in [2.75, 3.05) is 0 Å². The molecule has 0 aromatic heterocycles. The van der Waals surface area contributed by atoms with Crippen LogP contribution in [0.1, 0.15) is 71.1 Å².